The maximum atomic E-state index is 8.88. The standard InChI is InChI=1S/C17H15NO/c1-13-10-14(2)12-16(11-13)19-17(8-9-18)15-6-4-3-5-7-15/h3-8,10-12H,1-2H3/b17-8-. The Morgan fingerprint density at radius 3 is 2.26 bits per heavy atom. The van der Waals surface area contributed by atoms with E-state index in [0.717, 1.165) is 22.4 Å². The molecule has 0 atom stereocenters. The minimum Gasteiger partial charge on any atom is -0.456 e. The van der Waals surface area contributed by atoms with Crippen molar-refractivity contribution in [2.24, 2.45) is 0 Å². The third kappa shape index (κ3) is 3.46. The van der Waals surface area contributed by atoms with Crippen molar-refractivity contribution in [3.8, 4) is 11.8 Å². The summed E-state index contributed by atoms with van der Waals surface area (Å²) in [6.07, 6.45) is 1.42. The quantitative estimate of drug-likeness (QED) is 0.602. The van der Waals surface area contributed by atoms with Crippen LogP contribution in [0, 0.1) is 25.2 Å². The van der Waals surface area contributed by atoms with Gasteiger partial charge in [0.05, 0.1) is 12.1 Å². The van der Waals surface area contributed by atoms with Crippen LogP contribution in [0.3, 0.4) is 0 Å². The van der Waals surface area contributed by atoms with Crippen LogP contribution in [-0.4, -0.2) is 0 Å². The van der Waals surface area contributed by atoms with E-state index in [9.17, 15) is 0 Å². The van der Waals surface area contributed by atoms with E-state index in [2.05, 4.69) is 6.07 Å². The van der Waals surface area contributed by atoms with E-state index in [-0.39, 0.29) is 0 Å². The SMILES string of the molecule is Cc1cc(C)cc(O/C(=C\C#N)c2ccccc2)c1. The smallest absolute Gasteiger partial charge is 0.145 e. The number of allylic oxidation sites excluding steroid dienone is 1. The van der Waals surface area contributed by atoms with Crippen molar-refractivity contribution >= 4 is 5.76 Å². The average molecular weight is 249 g/mol. The Morgan fingerprint density at radius 2 is 1.68 bits per heavy atom. The lowest BCUT2D eigenvalue weighted by atomic mass is 10.1. The fourth-order valence-electron chi connectivity index (χ4n) is 1.95. The van der Waals surface area contributed by atoms with Gasteiger partial charge in [-0.15, -0.1) is 0 Å². The number of nitrogens with zero attached hydrogens (tertiary/aromatic N) is 1. The minimum atomic E-state index is 0.563. The molecule has 0 spiro atoms. The first-order valence-electron chi connectivity index (χ1n) is 6.10. The molecule has 2 aromatic carbocycles. The van der Waals surface area contributed by atoms with Gasteiger partial charge in [-0.1, -0.05) is 36.4 Å². The third-order valence-corrected chi connectivity index (χ3v) is 2.68. The van der Waals surface area contributed by atoms with Crippen molar-refractivity contribution < 1.29 is 4.74 Å². The van der Waals surface area contributed by atoms with Crippen LogP contribution >= 0.6 is 0 Å². The fourth-order valence-corrected chi connectivity index (χ4v) is 1.95. The highest BCUT2D eigenvalue weighted by Crippen LogP contribution is 2.23. The Labute approximate surface area is 113 Å². The zero-order valence-corrected chi connectivity index (χ0v) is 11.1. The summed E-state index contributed by atoms with van der Waals surface area (Å²) in [5.74, 6) is 1.32. The number of hydrogen-bond acceptors (Lipinski definition) is 2. The molecule has 2 rings (SSSR count). The minimum absolute atomic E-state index is 0.563. The second-order valence-corrected chi connectivity index (χ2v) is 4.43. The summed E-state index contributed by atoms with van der Waals surface area (Å²) in [5, 5.41) is 8.88. The Hall–Kier alpha value is -2.53. The first kappa shape index (κ1) is 12.9. The molecular weight excluding hydrogens is 234 g/mol. The zero-order valence-electron chi connectivity index (χ0n) is 11.1. The van der Waals surface area contributed by atoms with Crippen LogP contribution in [0.1, 0.15) is 16.7 Å². The first-order chi connectivity index (χ1) is 9.19. The van der Waals surface area contributed by atoms with Crippen LogP contribution in [0.25, 0.3) is 5.76 Å². The molecule has 0 N–H and O–H groups in total. The van der Waals surface area contributed by atoms with Gasteiger partial charge < -0.3 is 4.74 Å². The zero-order chi connectivity index (χ0) is 13.7. The fraction of sp³-hybridized carbons (Fsp3) is 0.118. The Morgan fingerprint density at radius 1 is 1.05 bits per heavy atom. The number of benzene rings is 2. The van der Waals surface area contributed by atoms with Crippen LogP contribution in [0.5, 0.6) is 5.75 Å². The predicted octanol–water partition coefficient (Wildman–Crippen LogP) is 4.25. The molecule has 2 nitrogen and oxygen atoms in total. The summed E-state index contributed by atoms with van der Waals surface area (Å²) in [6, 6.07) is 17.7. The van der Waals surface area contributed by atoms with Gasteiger partial charge in [-0.3, -0.25) is 0 Å². The van der Waals surface area contributed by atoms with Gasteiger partial charge in [0.2, 0.25) is 0 Å². The molecule has 2 aromatic rings. The van der Waals surface area contributed by atoms with Gasteiger partial charge in [0.1, 0.15) is 11.5 Å². The molecule has 19 heavy (non-hydrogen) atoms. The van der Waals surface area contributed by atoms with Gasteiger partial charge >= 0.3 is 0 Å². The summed E-state index contributed by atoms with van der Waals surface area (Å²) >= 11 is 0. The molecule has 0 amide bonds. The van der Waals surface area contributed by atoms with Crippen LogP contribution in [0.4, 0.5) is 0 Å². The van der Waals surface area contributed by atoms with Gasteiger partial charge in [0.15, 0.2) is 0 Å². The second-order valence-electron chi connectivity index (χ2n) is 4.43. The highest BCUT2D eigenvalue weighted by atomic mass is 16.5. The van der Waals surface area contributed by atoms with Crippen LogP contribution in [0.2, 0.25) is 0 Å². The lowest BCUT2D eigenvalue weighted by Gasteiger charge is -2.10. The summed E-state index contributed by atoms with van der Waals surface area (Å²) < 4.78 is 5.84. The van der Waals surface area contributed by atoms with E-state index >= 15 is 0 Å². The number of ether oxygens (including phenoxy) is 1. The van der Waals surface area contributed by atoms with Crippen molar-refractivity contribution in [1.82, 2.24) is 0 Å². The topological polar surface area (TPSA) is 33.0 Å². The molecule has 94 valence electrons. The van der Waals surface area contributed by atoms with Gasteiger partial charge in [-0.2, -0.15) is 5.26 Å². The van der Waals surface area contributed by atoms with E-state index in [0.29, 0.717) is 5.76 Å². The first-order valence-corrected chi connectivity index (χ1v) is 6.10. The average Bonchev–Trinajstić information content (AvgIpc) is 2.38. The largest absolute Gasteiger partial charge is 0.456 e. The molecule has 0 bridgehead atoms. The molecule has 0 unspecified atom stereocenters. The van der Waals surface area contributed by atoms with Crippen molar-refractivity contribution in [1.29, 1.82) is 5.26 Å². The molecular formula is C17H15NO. The number of nitriles is 1. The summed E-state index contributed by atoms with van der Waals surface area (Å²) in [4.78, 5) is 0. The predicted molar refractivity (Wildman–Crippen MR) is 76.6 cm³/mol. The van der Waals surface area contributed by atoms with E-state index in [1.807, 2.05) is 62.4 Å². The Bertz CT molecular complexity index is 616. The Kier molecular flexibility index (Phi) is 4.00. The molecule has 0 aliphatic carbocycles. The van der Waals surface area contributed by atoms with Crippen molar-refractivity contribution in [2.75, 3.05) is 0 Å². The van der Waals surface area contributed by atoms with Gasteiger partial charge in [-0.25, -0.2) is 0 Å². The molecule has 0 aliphatic rings. The van der Waals surface area contributed by atoms with Crippen molar-refractivity contribution in [3.05, 3.63) is 71.3 Å². The lowest BCUT2D eigenvalue weighted by molar-refractivity contribution is 0.514. The Balaban J connectivity index is 2.33. The van der Waals surface area contributed by atoms with Crippen molar-refractivity contribution in [2.45, 2.75) is 13.8 Å². The monoisotopic (exact) mass is 249 g/mol. The lowest BCUT2D eigenvalue weighted by Crippen LogP contribution is -1.95. The van der Waals surface area contributed by atoms with Gasteiger partial charge in [-0.05, 0) is 37.1 Å². The molecule has 0 saturated heterocycles. The van der Waals surface area contributed by atoms with E-state index in [4.69, 9.17) is 10.00 Å². The van der Waals surface area contributed by atoms with Crippen LogP contribution in [0.15, 0.2) is 54.6 Å². The molecule has 0 saturated carbocycles. The van der Waals surface area contributed by atoms with Gasteiger partial charge in [0, 0.05) is 5.56 Å². The third-order valence-electron chi connectivity index (χ3n) is 2.68. The number of hydrogen-bond donors (Lipinski definition) is 0. The molecule has 0 radical (unpaired) electrons. The summed E-state index contributed by atoms with van der Waals surface area (Å²) in [7, 11) is 0. The van der Waals surface area contributed by atoms with Crippen LogP contribution < -0.4 is 4.74 Å². The van der Waals surface area contributed by atoms with E-state index in [1.54, 1.807) is 0 Å². The maximum absolute atomic E-state index is 8.88. The normalized spacial score (nSPS) is 10.9. The molecule has 0 heterocycles. The summed E-state index contributed by atoms with van der Waals surface area (Å²) in [5.41, 5.74) is 3.17. The molecule has 0 fully saturated rings. The number of rotatable bonds is 3. The van der Waals surface area contributed by atoms with E-state index in [1.165, 1.54) is 6.08 Å². The molecule has 0 aromatic heterocycles. The maximum Gasteiger partial charge on any atom is 0.145 e. The molecule has 2 heteroatoms. The van der Waals surface area contributed by atoms with Crippen molar-refractivity contribution in [3.63, 3.8) is 0 Å². The second kappa shape index (κ2) is 5.88. The molecule has 0 aliphatic heterocycles. The van der Waals surface area contributed by atoms with Crippen LogP contribution in [-0.2, 0) is 0 Å². The highest BCUT2D eigenvalue weighted by Gasteiger charge is 2.05. The summed E-state index contributed by atoms with van der Waals surface area (Å²) in [6.45, 7) is 4.05. The number of aryl methyl sites for hydroxylation is 2. The van der Waals surface area contributed by atoms with E-state index < -0.39 is 0 Å². The highest BCUT2D eigenvalue weighted by molar-refractivity contribution is 5.64. The van der Waals surface area contributed by atoms with Gasteiger partial charge in [0.25, 0.3) is 0 Å².